The lowest BCUT2D eigenvalue weighted by Gasteiger charge is -2.24. The van der Waals surface area contributed by atoms with Crippen LogP contribution in [0.25, 0.3) is 0 Å². The summed E-state index contributed by atoms with van der Waals surface area (Å²) in [7, 11) is 0. The van der Waals surface area contributed by atoms with Crippen molar-refractivity contribution in [3.05, 3.63) is 28.2 Å². The van der Waals surface area contributed by atoms with E-state index in [1.54, 1.807) is 23.1 Å². The van der Waals surface area contributed by atoms with Crippen molar-refractivity contribution in [3.63, 3.8) is 0 Å². The fourth-order valence-corrected chi connectivity index (χ4v) is 5.03. The van der Waals surface area contributed by atoms with Gasteiger partial charge >= 0.3 is 0 Å². The number of hydrogen-bond donors (Lipinski definition) is 1. The Balaban J connectivity index is 0.00000210. The molecule has 2 amide bonds. The van der Waals surface area contributed by atoms with Crippen LogP contribution in [0.2, 0.25) is 10.0 Å². The number of amides is 2. The van der Waals surface area contributed by atoms with Crippen LogP contribution in [0.15, 0.2) is 18.2 Å². The van der Waals surface area contributed by atoms with Crippen molar-refractivity contribution in [3.8, 4) is 0 Å². The summed E-state index contributed by atoms with van der Waals surface area (Å²) in [6, 6.07) is 5.08. The molecule has 1 aromatic carbocycles. The molecule has 4 rings (SSSR count). The molecule has 0 aliphatic carbocycles. The van der Waals surface area contributed by atoms with Crippen molar-refractivity contribution < 1.29 is 9.59 Å². The molecule has 0 spiro atoms. The first-order valence-corrected chi connectivity index (χ1v) is 10.0. The molecular formula is C19H24Cl3N3O2. The zero-order chi connectivity index (χ0) is 18.3. The zero-order valence-electron chi connectivity index (χ0n) is 15.0. The third-order valence-electron chi connectivity index (χ3n) is 5.96. The molecule has 3 atom stereocenters. The molecule has 3 fully saturated rings. The molecule has 3 aliphatic rings. The predicted molar refractivity (Wildman–Crippen MR) is 110 cm³/mol. The van der Waals surface area contributed by atoms with E-state index in [-0.39, 0.29) is 36.6 Å². The highest BCUT2D eigenvalue weighted by molar-refractivity contribution is 6.35. The van der Waals surface area contributed by atoms with Gasteiger partial charge in [0.25, 0.3) is 0 Å². The van der Waals surface area contributed by atoms with Crippen LogP contribution in [0, 0.1) is 17.8 Å². The number of benzene rings is 1. The third kappa shape index (κ3) is 4.37. The quantitative estimate of drug-likeness (QED) is 0.780. The molecular weight excluding hydrogens is 409 g/mol. The number of halogens is 3. The Kier molecular flexibility index (Phi) is 6.57. The lowest BCUT2D eigenvalue weighted by Crippen LogP contribution is -2.38. The van der Waals surface area contributed by atoms with Gasteiger partial charge in [0.15, 0.2) is 0 Å². The van der Waals surface area contributed by atoms with Gasteiger partial charge in [0.05, 0.1) is 5.92 Å². The standard InChI is InChI=1S/C19H23Cl2N3O2.ClH/c20-15-6-16(21)8-17(7-15)24-11-14(5-18(24)25)19(26)23-3-1-12-9-22-10-13(12)2-4-23;/h6-8,12-14,22H,1-5,9-11H2;1H/t12-,13+,14?;. The summed E-state index contributed by atoms with van der Waals surface area (Å²) < 4.78 is 0. The molecule has 1 unspecified atom stereocenters. The molecule has 0 radical (unpaired) electrons. The SMILES string of the molecule is Cl.O=C(C1CC(=O)N(c2cc(Cl)cc(Cl)c2)C1)N1CC[C@@H]2CNC[C@@H]2CC1. The van der Waals surface area contributed by atoms with E-state index >= 15 is 0 Å². The van der Waals surface area contributed by atoms with Gasteiger partial charge in [-0.2, -0.15) is 0 Å². The van der Waals surface area contributed by atoms with E-state index in [0.717, 1.165) is 39.0 Å². The Morgan fingerprint density at radius 2 is 1.63 bits per heavy atom. The number of anilines is 1. The molecule has 0 aromatic heterocycles. The Morgan fingerprint density at radius 3 is 2.22 bits per heavy atom. The second-order valence-corrected chi connectivity index (χ2v) is 8.49. The number of carbonyl (C=O) groups is 2. The van der Waals surface area contributed by atoms with Crippen LogP contribution in [0.3, 0.4) is 0 Å². The normalized spacial score (nSPS) is 27.9. The average Bonchev–Trinajstić information content (AvgIpc) is 3.15. The maximum Gasteiger partial charge on any atom is 0.228 e. The van der Waals surface area contributed by atoms with Gasteiger partial charge < -0.3 is 15.1 Å². The molecule has 3 saturated heterocycles. The highest BCUT2D eigenvalue weighted by atomic mass is 35.5. The van der Waals surface area contributed by atoms with Crippen LogP contribution >= 0.6 is 35.6 Å². The average molecular weight is 433 g/mol. The molecule has 5 nitrogen and oxygen atoms in total. The summed E-state index contributed by atoms with van der Waals surface area (Å²) in [6.07, 6.45) is 2.36. The second-order valence-electron chi connectivity index (χ2n) is 7.61. The minimum Gasteiger partial charge on any atom is -0.342 e. The van der Waals surface area contributed by atoms with Gasteiger partial charge in [-0.25, -0.2) is 0 Å². The van der Waals surface area contributed by atoms with Crippen molar-refractivity contribution in [1.82, 2.24) is 10.2 Å². The number of nitrogens with zero attached hydrogens (tertiary/aromatic N) is 2. The van der Waals surface area contributed by atoms with E-state index in [2.05, 4.69) is 5.32 Å². The van der Waals surface area contributed by atoms with Gasteiger partial charge in [-0.05, 0) is 56.0 Å². The number of hydrogen-bond acceptors (Lipinski definition) is 3. The lowest BCUT2D eigenvalue weighted by molar-refractivity contribution is -0.135. The minimum absolute atomic E-state index is 0. The van der Waals surface area contributed by atoms with E-state index in [4.69, 9.17) is 23.2 Å². The summed E-state index contributed by atoms with van der Waals surface area (Å²) in [5.41, 5.74) is 0.666. The molecule has 148 valence electrons. The van der Waals surface area contributed by atoms with Crippen molar-refractivity contribution in [1.29, 1.82) is 0 Å². The van der Waals surface area contributed by atoms with Gasteiger partial charge in [-0.15, -0.1) is 12.4 Å². The number of nitrogens with one attached hydrogen (secondary N) is 1. The first-order valence-electron chi connectivity index (χ1n) is 9.27. The first kappa shape index (κ1) is 20.7. The van der Waals surface area contributed by atoms with Crippen LogP contribution in [-0.2, 0) is 9.59 Å². The minimum atomic E-state index is -0.281. The van der Waals surface area contributed by atoms with Gasteiger partial charge in [0, 0.05) is 41.8 Å². The van der Waals surface area contributed by atoms with E-state index in [0.29, 0.717) is 34.1 Å². The van der Waals surface area contributed by atoms with Crippen LogP contribution < -0.4 is 10.2 Å². The Bertz CT molecular complexity index is 696. The highest BCUT2D eigenvalue weighted by Crippen LogP contribution is 2.32. The summed E-state index contributed by atoms with van der Waals surface area (Å²) in [5.74, 6) is 1.15. The molecule has 3 heterocycles. The maximum atomic E-state index is 13.0. The largest absolute Gasteiger partial charge is 0.342 e. The number of rotatable bonds is 2. The van der Waals surface area contributed by atoms with E-state index in [9.17, 15) is 9.59 Å². The van der Waals surface area contributed by atoms with Crippen molar-refractivity contribution >= 4 is 53.1 Å². The molecule has 1 N–H and O–H groups in total. The lowest BCUT2D eigenvalue weighted by atomic mass is 9.92. The Morgan fingerprint density at radius 1 is 1.04 bits per heavy atom. The molecule has 0 saturated carbocycles. The second kappa shape index (κ2) is 8.56. The number of likely N-dealkylation sites (tertiary alicyclic amines) is 1. The monoisotopic (exact) mass is 431 g/mol. The van der Waals surface area contributed by atoms with Gasteiger partial charge in [0.1, 0.15) is 0 Å². The third-order valence-corrected chi connectivity index (χ3v) is 6.40. The summed E-state index contributed by atoms with van der Waals surface area (Å²) >= 11 is 12.1. The van der Waals surface area contributed by atoms with Crippen molar-refractivity contribution in [2.75, 3.05) is 37.6 Å². The topological polar surface area (TPSA) is 52.7 Å². The fraction of sp³-hybridized carbons (Fsp3) is 0.579. The van der Waals surface area contributed by atoms with Crippen LogP contribution in [-0.4, -0.2) is 49.4 Å². The Labute approximate surface area is 175 Å². The highest BCUT2D eigenvalue weighted by Gasteiger charge is 2.39. The van der Waals surface area contributed by atoms with Crippen LogP contribution in [0.5, 0.6) is 0 Å². The first-order chi connectivity index (χ1) is 12.5. The molecule has 1 aromatic rings. The zero-order valence-corrected chi connectivity index (χ0v) is 17.3. The van der Waals surface area contributed by atoms with Gasteiger partial charge in [0.2, 0.25) is 11.8 Å². The number of fused-ring (bicyclic) bond motifs is 1. The summed E-state index contributed by atoms with van der Waals surface area (Å²) in [4.78, 5) is 29.1. The van der Waals surface area contributed by atoms with Gasteiger partial charge in [-0.3, -0.25) is 9.59 Å². The van der Waals surface area contributed by atoms with Crippen LogP contribution in [0.4, 0.5) is 5.69 Å². The number of carbonyl (C=O) groups excluding carboxylic acids is 2. The van der Waals surface area contributed by atoms with Gasteiger partial charge in [-0.1, -0.05) is 23.2 Å². The Hall–Kier alpha value is -1.01. The summed E-state index contributed by atoms with van der Waals surface area (Å²) in [5, 5.41) is 4.43. The molecule has 0 bridgehead atoms. The summed E-state index contributed by atoms with van der Waals surface area (Å²) in [6.45, 7) is 4.14. The van der Waals surface area contributed by atoms with Crippen molar-refractivity contribution in [2.24, 2.45) is 17.8 Å². The van der Waals surface area contributed by atoms with Crippen LogP contribution in [0.1, 0.15) is 19.3 Å². The molecule has 8 heteroatoms. The van der Waals surface area contributed by atoms with E-state index < -0.39 is 0 Å². The fourth-order valence-electron chi connectivity index (χ4n) is 4.51. The van der Waals surface area contributed by atoms with Crippen molar-refractivity contribution in [2.45, 2.75) is 19.3 Å². The molecule has 27 heavy (non-hydrogen) atoms. The van der Waals surface area contributed by atoms with E-state index in [1.165, 1.54) is 0 Å². The predicted octanol–water partition coefficient (Wildman–Crippen LogP) is 3.23. The maximum absolute atomic E-state index is 13.0. The molecule has 3 aliphatic heterocycles. The van der Waals surface area contributed by atoms with E-state index in [1.807, 2.05) is 4.90 Å². The smallest absolute Gasteiger partial charge is 0.228 e.